The fourth-order valence-corrected chi connectivity index (χ4v) is 3.36. The van der Waals surface area contributed by atoms with Crippen LogP contribution in [0.1, 0.15) is 25.7 Å². The number of amides is 1. The molecule has 94 valence electrons. The maximum Gasteiger partial charge on any atom is 0.223 e. The Morgan fingerprint density at radius 1 is 1.25 bits per heavy atom. The molecule has 0 radical (unpaired) electrons. The van der Waals surface area contributed by atoms with Crippen LogP contribution in [0.4, 0.5) is 0 Å². The van der Waals surface area contributed by atoms with Gasteiger partial charge in [-0.3, -0.25) is 4.79 Å². The molecule has 0 bridgehead atoms. The highest BCUT2D eigenvalue weighted by atomic mass is 35.5. The third-order valence-electron chi connectivity index (χ3n) is 3.24. The summed E-state index contributed by atoms with van der Waals surface area (Å²) in [7, 11) is 0. The predicted molar refractivity (Wildman–Crippen MR) is 71.3 cm³/mol. The first-order chi connectivity index (χ1) is 7.36. The van der Waals surface area contributed by atoms with E-state index in [1.54, 1.807) is 0 Å². The minimum atomic E-state index is 0. The molecule has 3 nitrogen and oxygen atoms in total. The van der Waals surface area contributed by atoms with Crippen molar-refractivity contribution in [2.45, 2.75) is 31.7 Å². The Hall–Kier alpha value is 0.0700. The van der Waals surface area contributed by atoms with E-state index < -0.39 is 0 Å². The van der Waals surface area contributed by atoms with Crippen molar-refractivity contribution in [3.63, 3.8) is 0 Å². The van der Waals surface area contributed by atoms with Gasteiger partial charge in [0.15, 0.2) is 0 Å². The predicted octanol–water partition coefficient (Wildman–Crippen LogP) is 1.42. The van der Waals surface area contributed by atoms with Gasteiger partial charge in [-0.1, -0.05) is 0 Å². The molecule has 2 heterocycles. The normalized spacial score (nSPS) is 26.9. The number of piperidine rings is 1. The Balaban J connectivity index is 0.00000128. The van der Waals surface area contributed by atoms with Crippen molar-refractivity contribution in [1.82, 2.24) is 10.6 Å². The number of hydrogen-bond acceptors (Lipinski definition) is 3. The number of rotatable bonds is 2. The van der Waals surface area contributed by atoms with Gasteiger partial charge in [-0.15, -0.1) is 12.4 Å². The molecule has 0 aromatic heterocycles. The molecule has 2 aliphatic rings. The Bertz CT molecular complexity index is 216. The highest BCUT2D eigenvalue weighted by Crippen LogP contribution is 2.22. The van der Waals surface area contributed by atoms with Gasteiger partial charge in [-0.25, -0.2) is 0 Å². The van der Waals surface area contributed by atoms with Crippen LogP contribution in [0, 0.1) is 5.92 Å². The van der Waals surface area contributed by atoms with Crippen LogP contribution in [0.3, 0.4) is 0 Å². The molecule has 0 aromatic carbocycles. The van der Waals surface area contributed by atoms with E-state index in [0.717, 1.165) is 43.9 Å². The minimum absolute atomic E-state index is 0. The third kappa shape index (κ3) is 4.15. The fraction of sp³-hybridized carbons (Fsp3) is 0.909. The quantitative estimate of drug-likeness (QED) is 0.793. The topological polar surface area (TPSA) is 41.1 Å². The van der Waals surface area contributed by atoms with Crippen LogP contribution in [-0.4, -0.2) is 36.5 Å². The molecular formula is C11H21ClN2OS. The molecular weight excluding hydrogens is 244 g/mol. The molecule has 16 heavy (non-hydrogen) atoms. The smallest absolute Gasteiger partial charge is 0.223 e. The van der Waals surface area contributed by atoms with Crippen molar-refractivity contribution >= 4 is 30.1 Å². The summed E-state index contributed by atoms with van der Waals surface area (Å²) in [5.74, 6) is 2.89. The number of carbonyl (C=O) groups is 1. The van der Waals surface area contributed by atoms with Crippen LogP contribution in [0.15, 0.2) is 0 Å². The fourth-order valence-electron chi connectivity index (χ4n) is 2.25. The van der Waals surface area contributed by atoms with Crippen molar-refractivity contribution in [3.8, 4) is 0 Å². The zero-order valence-electron chi connectivity index (χ0n) is 9.54. The maximum absolute atomic E-state index is 11.9. The first-order valence-corrected chi connectivity index (χ1v) is 7.10. The third-order valence-corrected chi connectivity index (χ3v) is 4.28. The van der Waals surface area contributed by atoms with Crippen LogP contribution < -0.4 is 10.6 Å². The van der Waals surface area contributed by atoms with Crippen molar-refractivity contribution < 1.29 is 4.79 Å². The lowest BCUT2D eigenvalue weighted by molar-refractivity contribution is -0.126. The van der Waals surface area contributed by atoms with Gasteiger partial charge in [0.05, 0.1) is 0 Å². The molecule has 0 unspecified atom stereocenters. The average Bonchev–Trinajstić information content (AvgIpc) is 2.31. The molecule has 2 aliphatic heterocycles. The van der Waals surface area contributed by atoms with Crippen molar-refractivity contribution in [2.24, 2.45) is 5.92 Å². The van der Waals surface area contributed by atoms with E-state index in [4.69, 9.17) is 0 Å². The molecule has 1 atom stereocenters. The first kappa shape index (κ1) is 14.1. The van der Waals surface area contributed by atoms with Crippen molar-refractivity contribution in [3.05, 3.63) is 0 Å². The van der Waals surface area contributed by atoms with Gasteiger partial charge in [0, 0.05) is 18.5 Å². The molecule has 2 saturated heterocycles. The summed E-state index contributed by atoms with van der Waals surface area (Å²) in [5.41, 5.74) is 0. The van der Waals surface area contributed by atoms with E-state index in [0.29, 0.717) is 11.9 Å². The second kappa shape index (κ2) is 7.41. The zero-order valence-corrected chi connectivity index (χ0v) is 11.2. The molecule has 2 N–H and O–H groups in total. The van der Waals surface area contributed by atoms with Crippen LogP contribution in [0.2, 0.25) is 0 Å². The van der Waals surface area contributed by atoms with E-state index in [1.807, 2.05) is 11.8 Å². The summed E-state index contributed by atoms with van der Waals surface area (Å²) in [6.07, 6.45) is 4.46. The summed E-state index contributed by atoms with van der Waals surface area (Å²) in [4.78, 5) is 11.9. The number of halogens is 1. The monoisotopic (exact) mass is 264 g/mol. The standard InChI is InChI=1S/C11H20N2OS.ClH/c14-11(9-3-6-15-7-4-9)13-10-2-1-5-12-8-10;/h9-10,12H,1-8H2,(H,13,14);1H/t10-;/m1./s1. The van der Waals surface area contributed by atoms with Gasteiger partial charge in [0.25, 0.3) is 0 Å². The number of nitrogens with one attached hydrogen (secondary N) is 2. The molecule has 5 heteroatoms. The Morgan fingerprint density at radius 2 is 2.00 bits per heavy atom. The lowest BCUT2D eigenvalue weighted by Gasteiger charge is -2.27. The van der Waals surface area contributed by atoms with Gasteiger partial charge in [-0.2, -0.15) is 11.8 Å². The van der Waals surface area contributed by atoms with Gasteiger partial charge in [0.2, 0.25) is 5.91 Å². The maximum atomic E-state index is 11.9. The number of hydrogen-bond donors (Lipinski definition) is 2. The van der Waals surface area contributed by atoms with Gasteiger partial charge >= 0.3 is 0 Å². The highest BCUT2D eigenvalue weighted by molar-refractivity contribution is 7.99. The summed E-state index contributed by atoms with van der Waals surface area (Å²) in [6.45, 7) is 2.06. The molecule has 1 amide bonds. The minimum Gasteiger partial charge on any atom is -0.352 e. The molecule has 0 aromatic rings. The number of thioether (sulfide) groups is 1. The zero-order chi connectivity index (χ0) is 10.5. The second-order valence-corrected chi connectivity index (χ2v) is 5.66. The van der Waals surface area contributed by atoms with E-state index in [9.17, 15) is 4.79 Å². The molecule has 0 spiro atoms. The summed E-state index contributed by atoms with van der Waals surface area (Å²) >= 11 is 1.97. The Labute approximate surface area is 108 Å². The number of carbonyl (C=O) groups excluding carboxylic acids is 1. The van der Waals surface area contributed by atoms with E-state index >= 15 is 0 Å². The Morgan fingerprint density at radius 3 is 2.62 bits per heavy atom. The van der Waals surface area contributed by atoms with Crippen LogP contribution in [0.25, 0.3) is 0 Å². The Kier molecular flexibility index (Phi) is 6.54. The van der Waals surface area contributed by atoms with E-state index in [2.05, 4.69) is 10.6 Å². The van der Waals surface area contributed by atoms with E-state index in [1.165, 1.54) is 6.42 Å². The van der Waals surface area contributed by atoms with Crippen LogP contribution >= 0.6 is 24.2 Å². The summed E-state index contributed by atoms with van der Waals surface area (Å²) in [5, 5.41) is 6.50. The average molecular weight is 265 g/mol. The van der Waals surface area contributed by atoms with Crippen LogP contribution in [-0.2, 0) is 4.79 Å². The van der Waals surface area contributed by atoms with Gasteiger partial charge in [0.1, 0.15) is 0 Å². The van der Waals surface area contributed by atoms with Gasteiger partial charge < -0.3 is 10.6 Å². The first-order valence-electron chi connectivity index (χ1n) is 5.95. The molecule has 2 rings (SSSR count). The van der Waals surface area contributed by atoms with Crippen molar-refractivity contribution in [2.75, 3.05) is 24.6 Å². The van der Waals surface area contributed by atoms with Crippen molar-refractivity contribution in [1.29, 1.82) is 0 Å². The highest BCUT2D eigenvalue weighted by Gasteiger charge is 2.24. The SMILES string of the molecule is Cl.O=C(N[C@@H]1CCCNC1)C1CCSCC1. The molecule has 0 aliphatic carbocycles. The lowest BCUT2D eigenvalue weighted by atomic mass is 10.0. The van der Waals surface area contributed by atoms with Gasteiger partial charge in [-0.05, 0) is 43.7 Å². The van der Waals surface area contributed by atoms with E-state index in [-0.39, 0.29) is 18.3 Å². The molecule has 2 fully saturated rings. The lowest BCUT2D eigenvalue weighted by Crippen LogP contribution is -2.47. The summed E-state index contributed by atoms with van der Waals surface area (Å²) in [6, 6.07) is 0.376. The van der Waals surface area contributed by atoms with Crippen LogP contribution in [0.5, 0.6) is 0 Å². The molecule has 0 saturated carbocycles. The summed E-state index contributed by atoms with van der Waals surface area (Å²) < 4.78 is 0. The largest absolute Gasteiger partial charge is 0.352 e. The second-order valence-electron chi connectivity index (χ2n) is 4.44.